The average molecular weight is 295 g/mol. The first-order valence-electron chi connectivity index (χ1n) is 6.00. The van der Waals surface area contributed by atoms with Crippen molar-refractivity contribution < 1.29 is 14.3 Å². The van der Waals surface area contributed by atoms with Gasteiger partial charge in [0.05, 0.1) is 6.61 Å². The largest absolute Gasteiger partial charge is 0.477 e. The van der Waals surface area contributed by atoms with E-state index in [1.54, 1.807) is 12.1 Å². The second-order valence-corrected chi connectivity index (χ2v) is 4.57. The van der Waals surface area contributed by atoms with Crippen molar-refractivity contribution in [2.24, 2.45) is 5.84 Å². The maximum absolute atomic E-state index is 11.6. The molecule has 5 nitrogen and oxygen atoms in total. The van der Waals surface area contributed by atoms with Crippen LogP contribution >= 0.6 is 11.6 Å². The van der Waals surface area contributed by atoms with Crippen LogP contribution in [0.2, 0.25) is 5.02 Å². The Balaban J connectivity index is 2.37. The number of amides is 1. The number of ether oxygens (including phenoxy) is 2. The lowest BCUT2D eigenvalue weighted by molar-refractivity contribution is -0.130. The highest BCUT2D eigenvalue weighted by Gasteiger charge is 2.20. The smallest absolute Gasteiger partial charge is 0.277 e. The predicted octanol–water partition coefficient (Wildman–Crippen LogP) is 1.88. The Hall–Kier alpha value is -1.82. The van der Waals surface area contributed by atoms with E-state index in [4.69, 9.17) is 26.9 Å². The average Bonchev–Trinajstić information content (AvgIpc) is 2.49. The van der Waals surface area contributed by atoms with E-state index in [9.17, 15) is 4.79 Å². The summed E-state index contributed by atoms with van der Waals surface area (Å²) in [4.78, 5) is 11.6. The molecule has 6 heteroatoms. The third-order valence-electron chi connectivity index (χ3n) is 2.85. The number of hydrazine groups is 1. The van der Waals surface area contributed by atoms with E-state index in [1.165, 1.54) is 7.11 Å². The Morgan fingerprint density at radius 1 is 1.30 bits per heavy atom. The number of hydrogen-bond acceptors (Lipinski definition) is 4. The van der Waals surface area contributed by atoms with Gasteiger partial charge in [-0.3, -0.25) is 10.2 Å². The molecule has 0 spiro atoms. The van der Waals surface area contributed by atoms with Crippen molar-refractivity contribution >= 4 is 28.3 Å². The maximum Gasteiger partial charge on any atom is 0.277 e. The Bertz CT molecular complexity index is 618. The van der Waals surface area contributed by atoms with E-state index in [-0.39, 0.29) is 6.61 Å². The minimum atomic E-state index is -0.824. The lowest BCUT2D eigenvalue weighted by Crippen LogP contribution is -2.44. The van der Waals surface area contributed by atoms with Crippen molar-refractivity contribution in [1.29, 1.82) is 0 Å². The predicted molar refractivity (Wildman–Crippen MR) is 77.6 cm³/mol. The van der Waals surface area contributed by atoms with E-state index >= 15 is 0 Å². The highest BCUT2D eigenvalue weighted by molar-refractivity contribution is 6.35. The Morgan fingerprint density at radius 2 is 2.00 bits per heavy atom. The summed E-state index contributed by atoms with van der Waals surface area (Å²) in [5.41, 5.74) is 2.06. The van der Waals surface area contributed by atoms with Gasteiger partial charge in [0.25, 0.3) is 5.91 Å². The standard InChI is InChI=1S/C14H15ClN2O3/c1-19-8-13(14(18)17-16)20-12-7-6-11(15)9-4-2-3-5-10(9)12/h2-7,13H,8,16H2,1H3,(H,17,18). The van der Waals surface area contributed by atoms with E-state index in [0.717, 1.165) is 10.8 Å². The van der Waals surface area contributed by atoms with Gasteiger partial charge in [0.1, 0.15) is 5.75 Å². The first-order chi connectivity index (χ1) is 9.67. The zero-order valence-electron chi connectivity index (χ0n) is 10.9. The molecular weight excluding hydrogens is 280 g/mol. The zero-order valence-corrected chi connectivity index (χ0v) is 11.7. The number of nitrogens with two attached hydrogens (primary N) is 1. The van der Waals surface area contributed by atoms with Crippen molar-refractivity contribution in [2.75, 3.05) is 13.7 Å². The molecule has 0 aliphatic carbocycles. The summed E-state index contributed by atoms with van der Waals surface area (Å²) in [7, 11) is 1.49. The first-order valence-corrected chi connectivity index (χ1v) is 6.38. The highest BCUT2D eigenvalue weighted by atomic mass is 35.5. The minimum absolute atomic E-state index is 0.0972. The van der Waals surface area contributed by atoms with Crippen molar-refractivity contribution in [2.45, 2.75) is 6.10 Å². The topological polar surface area (TPSA) is 73.6 Å². The second kappa shape index (κ2) is 6.56. The molecule has 2 aromatic rings. The molecule has 0 saturated heterocycles. The number of halogens is 1. The first kappa shape index (κ1) is 14.6. The van der Waals surface area contributed by atoms with Gasteiger partial charge in [-0.1, -0.05) is 35.9 Å². The number of methoxy groups -OCH3 is 1. The molecule has 2 aromatic carbocycles. The maximum atomic E-state index is 11.6. The van der Waals surface area contributed by atoms with Crippen LogP contribution in [0.25, 0.3) is 10.8 Å². The number of hydrogen-bond donors (Lipinski definition) is 2. The number of fused-ring (bicyclic) bond motifs is 1. The summed E-state index contributed by atoms with van der Waals surface area (Å²) in [5.74, 6) is 5.24. The van der Waals surface area contributed by atoms with Gasteiger partial charge in [-0.25, -0.2) is 5.84 Å². The van der Waals surface area contributed by atoms with Crippen LogP contribution < -0.4 is 16.0 Å². The van der Waals surface area contributed by atoms with Gasteiger partial charge in [-0.2, -0.15) is 0 Å². The number of nitrogens with one attached hydrogen (secondary N) is 1. The molecule has 1 amide bonds. The SMILES string of the molecule is COCC(Oc1ccc(Cl)c2ccccc12)C(=O)NN. The lowest BCUT2D eigenvalue weighted by Gasteiger charge is -2.18. The Morgan fingerprint density at radius 3 is 2.65 bits per heavy atom. The Kier molecular flexibility index (Phi) is 4.79. The molecule has 106 valence electrons. The van der Waals surface area contributed by atoms with Crippen LogP contribution in [0.4, 0.5) is 0 Å². The molecule has 20 heavy (non-hydrogen) atoms. The van der Waals surface area contributed by atoms with Gasteiger partial charge in [0.2, 0.25) is 6.10 Å². The number of rotatable bonds is 5. The van der Waals surface area contributed by atoms with Crippen LogP contribution in [0.1, 0.15) is 0 Å². The van der Waals surface area contributed by atoms with Gasteiger partial charge in [0, 0.05) is 22.9 Å². The van der Waals surface area contributed by atoms with Gasteiger partial charge in [0.15, 0.2) is 0 Å². The summed E-state index contributed by atoms with van der Waals surface area (Å²) in [5, 5.41) is 2.31. The second-order valence-electron chi connectivity index (χ2n) is 4.16. The molecule has 0 saturated carbocycles. The normalized spacial score (nSPS) is 12.2. The molecule has 3 N–H and O–H groups in total. The molecule has 0 aromatic heterocycles. The van der Waals surface area contributed by atoms with E-state index in [1.807, 2.05) is 24.3 Å². The van der Waals surface area contributed by atoms with E-state index < -0.39 is 12.0 Å². The Labute approximate surface area is 121 Å². The summed E-state index contributed by atoms with van der Waals surface area (Å²) in [6.45, 7) is 0.0972. The van der Waals surface area contributed by atoms with Gasteiger partial charge >= 0.3 is 0 Å². The zero-order chi connectivity index (χ0) is 14.5. The number of benzene rings is 2. The molecule has 0 heterocycles. The molecule has 0 fully saturated rings. The summed E-state index contributed by atoms with van der Waals surface area (Å²) in [6, 6.07) is 11.0. The van der Waals surface area contributed by atoms with Crippen molar-refractivity contribution in [3.05, 3.63) is 41.4 Å². The van der Waals surface area contributed by atoms with Crippen LogP contribution in [0, 0.1) is 0 Å². The number of carbonyl (C=O) groups is 1. The van der Waals surface area contributed by atoms with Crippen LogP contribution in [0.3, 0.4) is 0 Å². The van der Waals surface area contributed by atoms with Crippen molar-refractivity contribution in [3.63, 3.8) is 0 Å². The van der Waals surface area contributed by atoms with Crippen LogP contribution in [0.5, 0.6) is 5.75 Å². The molecule has 0 bridgehead atoms. The monoisotopic (exact) mass is 294 g/mol. The lowest BCUT2D eigenvalue weighted by atomic mass is 10.1. The van der Waals surface area contributed by atoms with Crippen LogP contribution in [-0.4, -0.2) is 25.7 Å². The fourth-order valence-corrected chi connectivity index (χ4v) is 2.13. The van der Waals surface area contributed by atoms with Crippen LogP contribution in [-0.2, 0) is 9.53 Å². The third-order valence-corrected chi connectivity index (χ3v) is 3.18. The van der Waals surface area contributed by atoms with Crippen molar-refractivity contribution in [3.8, 4) is 5.75 Å². The van der Waals surface area contributed by atoms with Gasteiger partial charge in [-0.15, -0.1) is 0 Å². The molecule has 2 rings (SSSR count). The molecule has 0 aliphatic heterocycles. The minimum Gasteiger partial charge on any atom is -0.477 e. The fraction of sp³-hybridized carbons (Fsp3) is 0.214. The molecule has 0 radical (unpaired) electrons. The van der Waals surface area contributed by atoms with Crippen LogP contribution in [0.15, 0.2) is 36.4 Å². The third kappa shape index (κ3) is 3.01. The summed E-state index contributed by atoms with van der Waals surface area (Å²) in [6.07, 6.45) is -0.824. The number of carbonyl (C=O) groups excluding carboxylic acids is 1. The molecule has 1 unspecified atom stereocenters. The summed E-state index contributed by atoms with van der Waals surface area (Å²) >= 11 is 6.14. The van der Waals surface area contributed by atoms with E-state index in [2.05, 4.69) is 5.43 Å². The van der Waals surface area contributed by atoms with Gasteiger partial charge < -0.3 is 9.47 Å². The van der Waals surface area contributed by atoms with Gasteiger partial charge in [-0.05, 0) is 12.1 Å². The fourth-order valence-electron chi connectivity index (χ4n) is 1.90. The molecule has 1 atom stereocenters. The highest BCUT2D eigenvalue weighted by Crippen LogP contribution is 2.31. The van der Waals surface area contributed by atoms with Crippen molar-refractivity contribution in [1.82, 2.24) is 5.43 Å². The summed E-state index contributed by atoms with van der Waals surface area (Å²) < 4.78 is 10.7. The molecular formula is C14H15ClN2O3. The van der Waals surface area contributed by atoms with E-state index in [0.29, 0.717) is 10.8 Å². The molecule has 0 aliphatic rings. The quantitative estimate of drug-likeness (QED) is 0.502.